The quantitative estimate of drug-likeness (QED) is 0.0115. The fourth-order valence-electron chi connectivity index (χ4n) is 16.3. The Labute approximate surface area is 672 Å². The van der Waals surface area contributed by atoms with E-state index in [9.17, 15) is 58.0 Å². The molecule has 3 aliphatic carbocycles. The van der Waals surface area contributed by atoms with Crippen LogP contribution in [0.1, 0.15) is 287 Å². The molecule has 0 spiro atoms. The number of aliphatic hydroxyl groups is 2. The first-order valence-electron chi connectivity index (χ1n) is 41.5. The van der Waals surface area contributed by atoms with Crippen molar-refractivity contribution in [2.45, 2.75) is 314 Å². The minimum absolute atomic E-state index is 0.00381. The average molecular weight is 1610 g/mol. The summed E-state index contributed by atoms with van der Waals surface area (Å²) in [5.74, 6) is -9.78. The standard InChI is InChI=1S/C87H125N2O24P/c1-9-11-12-13-14-15-16-17-18-19-22-25-28-40-49-71(94)104-57-66(58-107-114(102,103)106-54-10-2)109-72(95)50-41-29-26-23-20-21-24-27-30-42-53-88-70(93)51-52-73(96)111-77(75(63-43-34-31-35-44-63)89-81(98)64-45-36-32-37-46-64)83(100)110-67-56-87(101)80(112-82(99)65-47-38-33-39-48-65)78-85(8,68(92)55-69-86(78,59-105-69)113-62(5)91)79(97)76(108-61(4)90)74(60(67)3)84(87,6)7/h31-39,43-48,66-69,75-78,80,92,101H,9-30,40-42,49-59H2,1-8H3,(H,88,93)(H,89,98)(H,102,103)/t66-,67+,68+,69-,75+,76-,77-,78?,80?,85-,86+,87-/m1/s1. The van der Waals surface area contributed by atoms with Crippen LogP contribution in [0.2, 0.25) is 0 Å². The van der Waals surface area contributed by atoms with E-state index in [1.807, 2.05) is 0 Å². The zero-order valence-corrected chi connectivity index (χ0v) is 69.1. The molecule has 632 valence electrons. The van der Waals surface area contributed by atoms with Crippen molar-refractivity contribution >= 4 is 67.2 Å². The third-order valence-corrected chi connectivity index (χ3v) is 23.7. The van der Waals surface area contributed by atoms with Gasteiger partial charge in [-0.3, -0.25) is 47.4 Å². The molecule has 2 amide bonds. The first-order valence-corrected chi connectivity index (χ1v) is 43.0. The van der Waals surface area contributed by atoms with Gasteiger partial charge in [0.25, 0.3) is 5.91 Å². The first-order chi connectivity index (χ1) is 54.5. The lowest BCUT2D eigenvalue weighted by Gasteiger charge is -2.67. The van der Waals surface area contributed by atoms with Crippen LogP contribution in [0, 0.1) is 16.7 Å². The summed E-state index contributed by atoms with van der Waals surface area (Å²) in [6.07, 6.45) is 12.7. The summed E-state index contributed by atoms with van der Waals surface area (Å²) >= 11 is 0. The molecule has 3 unspecified atom stereocenters. The van der Waals surface area contributed by atoms with E-state index < -0.39 is 163 Å². The molecule has 1 saturated heterocycles. The van der Waals surface area contributed by atoms with E-state index in [2.05, 4.69) is 17.6 Å². The Morgan fingerprint density at radius 1 is 0.605 bits per heavy atom. The molecule has 114 heavy (non-hydrogen) atoms. The number of benzene rings is 3. The highest BCUT2D eigenvalue weighted by Gasteiger charge is 2.78. The number of phosphoric acid groups is 1. The van der Waals surface area contributed by atoms with Gasteiger partial charge in [0.1, 0.15) is 36.6 Å². The second-order valence-electron chi connectivity index (χ2n) is 31.7. The normalized spacial score (nSPS) is 23.4. The van der Waals surface area contributed by atoms with Crippen LogP contribution in [0.5, 0.6) is 0 Å². The Morgan fingerprint density at radius 2 is 1.13 bits per heavy atom. The van der Waals surface area contributed by atoms with E-state index >= 15 is 9.59 Å². The number of ketones is 1. The van der Waals surface area contributed by atoms with Gasteiger partial charge in [0.15, 0.2) is 23.6 Å². The van der Waals surface area contributed by atoms with Gasteiger partial charge in [0, 0.05) is 63.5 Å². The number of hydrogen-bond acceptors (Lipinski definition) is 23. The number of unbranched alkanes of at least 4 members (excludes halogenated alkanes) is 22. The molecule has 7 rings (SSSR count). The number of nitrogens with one attached hydrogen (secondary N) is 2. The second kappa shape index (κ2) is 46.3. The highest BCUT2D eigenvalue weighted by Crippen LogP contribution is 2.65. The summed E-state index contributed by atoms with van der Waals surface area (Å²) in [7, 11) is -4.42. The number of hydrogen-bond donors (Lipinski definition) is 5. The number of phosphoric ester groups is 1. The number of amides is 2. The molecule has 27 heteroatoms. The maximum Gasteiger partial charge on any atom is 0.472 e. The molecule has 1 heterocycles. The number of Topliss-reactive ketones (excluding diaryl/α,β-unsaturated/α-hetero) is 1. The molecule has 5 N–H and O–H groups in total. The zero-order chi connectivity index (χ0) is 82.9. The lowest BCUT2D eigenvalue weighted by Crippen LogP contribution is -2.82. The minimum atomic E-state index is -4.42. The van der Waals surface area contributed by atoms with Crippen LogP contribution in [-0.2, 0) is 89.9 Å². The lowest BCUT2D eigenvalue weighted by molar-refractivity contribution is -0.346. The van der Waals surface area contributed by atoms with Crippen molar-refractivity contribution in [1.29, 1.82) is 0 Å². The van der Waals surface area contributed by atoms with Gasteiger partial charge in [-0.1, -0.05) is 229 Å². The van der Waals surface area contributed by atoms with Crippen LogP contribution in [0.15, 0.2) is 102 Å². The second-order valence-corrected chi connectivity index (χ2v) is 33.1. The molecule has 0 radical (unpaired) electrons. The van der Waals surface area contributed by atoms with Crippen LogP contribution in [-0.4, -0.2) is 161 Å². The van der Waals surface area contributed by atoms with Gasteiger partial charge in [-0.05, 0) is 80.5 Å². The van der Waals surface area contributed by atoms with E-state index in [0.29, 0.717) is 32.2 Å². The number of rotatable bonds is 51. The van der Waals surface area contributed by atoms with Crippen molar-refractivity contribution in [3.63, 3.8) is 0 Å². The summed E-state index contributed by atoms with van der Waals surface area (Å²) in [4.78, 5) is 151. The fourth-order valence-corrected chi connectivity index (χ4v) is 17.2. The Hall–Kier alpha value is -7.71. The number of carbonyl (C=O) groups excluding carboxylic acids is 10. The Kier molecular flexibility index (Phi) is 37.9. The predicted molar refractivity (Wildman–Crippen MR) is 422 cm³/mol. The summed E-state index contributed by atoms with van der Waals surface area (Å²) in [6.45, 7) is 11.3. The minimum Gasteiger partial charge on any atom is -0.462 e. The Bertz CT molecular complexity index is 3690. The highest BCUT2D eigenvalue weighted by molar-refractivity contribution is 7.47. The summed E-state index contributed by atoms with van der Waals surface area (Å²) in [5.41, 5.74) is -7.85. The van der Waals surface area contributed by atoms with Crippen LogP contribution in [0.3, 0.4) is 0 Å². The van der Waals surface area contributed by atoms with Gasteiger partial charge < -0.3 is 63.6 Å². The van der Waals surface area contributed by atoms with Crippen molar-refractivity contribution in [2.75, 3.05) is 33.0 Å². The smallest absolute Gasteiger partial charge is 0.462 e. The van der Waals surface area contributed by atoms with E-state index in [1.165, 1.54) is 116 Å². The molecule has 3 aromatic carbocycles. The molecule has 4 aliphatic rings. The van der Waals surface area contributed by atoms with Gasteiger partial charge in [-0.15, -0.1) is 0 Å². The molecule has 2 bridgehead atoms. The number of carbonyl (C=O) groups is 10. The monoisotopic (exact) mass is 1610 g/mol. The molecule has 3 fully saturated rings. The summed E-state index contributed by atoms with van der Waals surface area (Å²) in [6, 6.07) is 22.4. The third kappa shape index (κ3) is 26.7. The van der Waals surface area contributed by atoms with Gasteiger partial charge in [-0.25, -0.2) is 14.2 Å². The summed E-state index contributed by atoms with van der Waals surface area (Å²) in [5, 5.41) is 32.2. The molecule has 3 aromatic rings. The molecular formula is C87H125N2O24P. The maximum atomic E-state index is 15.9. The van der Waals surface area contributed by atoms with Crippen LogP contribution < -0.4 is 10.6 Å². The van der Waals surface area contributed by atoms with Gasteiger partial charge in [0.2, 0.25) is 12.0 Å². The van der Waals surface area contributed by atoms with E-state index in [4.69, 9.17) is 46.9 Å². The highest BCUT2D eigenvalue weighted by atomic mass is 31.2. The largest absolute Gasteiger partial charge is 0.472 e. The Balaban J connectivity index is 0.922. The van der Waals surface area contributed by atoms with Crippen LogP contribution in [0.4, 0.5) is 0 Å². The van der Waals surface area contributed by atoms with Gasteiger partial charge >= 0.3 is 49.6 Å². The summed E-state index contributed by atoms with van der Waals surface area (Å²) < 4.78 is 70.7. The molecule has 26 nitrogen and oxygen atoms in total. The predicted octanol–water partition coefficient (Wildman–Crippen LogP) is 14.3. The molecule has 1 aliphatic heterocycles. The molecule has 13 atom stereocenters. The average Bonchev–Trinajstić information content (AvgIpc) is 0.668. The van der Waals surface area contributed by atoms with E-state index in [1.54, 1.807) is 73.7 Å². The fraction of sp³-hybridized carbons (Fsp3) is 0.655. The maximum absolute atomic E-state index is 15.9. The van der Waals surface area contributed by atoms with Crippen LogP contribution in [0.25, 0.3) is 0 Å². The molecule has 0 aromatic heterocycles. The van der Waals surface area contributed by atoms with Crippen molar-refractivity contribution in [1.82, 2.24) is 10.6 Å². The molecular weight excluding hydrogens is 1490 g/mol. The zero-order valence-electron chi connectivity index (χ0n) is 68.2. The topological polar surface area (TPSA) is 365 Å². The van der Waals surface area contributed by atoms with Gasteiger partial charge in [0.05, 0.1) is 49.2 Å². The van der Waals surface area contributed by atoms with Crippen molar-refractivity contribution in [3.8, 4) is 0 Å². The third-order valence-electron chi connectivity index (χ3n) is 22.7. The van der Waals surface area contributed by atoms with Crippen molar-refractivity contribution < 1.29 is 115 Å². The Morgan fingerprint density at radius 3 is 1.67 bits per heavy atom. The lowest BCUT2D eigenvalue weighted by atomic mass is 9.44. The van der Waals surface area contributed by atoms with Crippen molar-refractivity contribution in [3.05, 3.63) is 119 Å². The first kappa shape index (κ1) is 93.5. The van der Waals surface area contributed by atoms with E-state index in [0.717, 1.165) is 84.5 Å². The van der Waals surface area contributed by atoms with Crippen LogP contribution >= 0.6 is 7.82 Å². The number of ether oxygens (including phenoxy) is 8. The van der Waals surface area contributed by atoms with Crippen molar-refractivity contribution in [2.24, 2.45) is 16.7 Å². The number of fused-ring (bicyclic) bond motifs is 5. The van der Waals surface area contributed by atoms with E-state index in [-0.39, 0.29) is 73.3 Å². The van der Waals surface area contributed by atoms with Gasteiger partial charge in [-0.2, -0.15) is 0 Å². The number of esters is 7. The molecule has 2 saturated carbocycles. The SMILES string of the molecule is CCCCCCCCCCCCCCCCC(=O)OC[C@H](COP(=O)(O)OCCC)OC(=O)CCCCCCCCCCCCNC(=O)CCC(=O)O[C@@H](C(=O)O[C@H]1C[C@@]2(O)C(OC(=O)c3ccccc3)C3[C@](C)(C(=O)[C@H](OC(C)=O)C(=C1C)C2(C)C)[C@@H](O)C[C@H]1OC[C@@]31OC(C)=O)[C@@H](NC(=O)c1ccccc1)c1ccccc1. The number of aliphatic hydroxyl groups excluding tert-OH is 1.